The molecule has 7 aromatic carbocycles. The molecule has 15 rings (SSSR count). The van der Waals surface area contributed by atoms with Gasteiger partial charge in [-0.15, -0.1) is 11.3 Å². The fraction of sp³-hybridized carbons (Fsp3) is 0.208. The SMILES string of the molecule is CC(C)(C)c1ccc(C(=O)Nc2cc(-c3ccc(C#N)cc3)c[nH]c2=O)cc1.CC(C)(C)c1ccc(C(=O)Nc2cc(-c3ccc([N+](=O)[O-])cc3)c[nH]c2=O)cc1.CC(C)(C)c1ccc(C(=O)Nc2cc(-c3cccs3)c[nH]c2=O)cc1.CNc1nccc(-c2c[nH]c(=O)c(NC(=O)c3ccc(C(C)(C)C)cc3)c2)n1.Cn1cc(-c2c[nH]c(=O)c(NC(=O)c3ccc(C(C)(C)C)cc3)c2)cn1. The molecule has 8 aromatic heterocycles. The van der Waals surface area contributed by atoms with Crippen molar-refractivity contribution < 1.29 is 28.9 Å². The number of aromatic amines is 5. The van der Waals surface area contributed by atoms with Gasteiger partial charge in [-0.1, -0.05) is 183 Å². The molecule has 0 saturated carbocycles. The number of rotatable bonds is 17. The molecule has 5 amide bonds. The average molecular weight is 1840 g/mol. The number of nitro benzene ring substituents is 1. The lowest BCUT2D eigenvalue weighted by molar-refractivity contribution is -0.384. The molecule has 29 nitrogen and oxygen atoms in total. The number of nitrogens with one attached hydrogen (secondary N) is 11. The van der Waals surface area contributed by atoms with Gasteiger partial charge in [-0.2, -0.15) is 10.4 Å². The van der Waals surface area contributed by atoms with E-state index >= 15 is 0 Å². The van der Waals surface area contributed by atoms with Gasteiger partial charge in [0.15, 0.2) is 0 Å². The van der Waals surface area contributed by atoms with Crippen molar-refractivity contribution in [2.24, 2.45) is 7.05 Å². The maximum Gasteiger partial charge on any atom is 0.271 e. The molecule has 0 radical (unpaired) electrons. The molecule has 136 heavy (non-hydrogen) atoms. The predicted molar refractivity (Wildman–Crippen MR) is 539 cm³/mol. The van der Waals surface area contributed by atoms with Crippen LogP contribution in [0.5, 0.6) is 0 Å². The standard InChI is InChI=1S/C23H21N3O2.C22H21N3O4.C21H23N5O2.C20H22N4O2.C20H20N2O2S/c1-23(2,3)19-10-8-17(9-11-19)21(27)26-20-12-18(14-25-22(20)28)16-6-4-15(13-24)5-7-16;1-22(2,3)17-8-4-15(5-9-17)20(26)24-19-12-16(13-23-21(19)27)14-6-10-18(11-7-14)25(28)29;1-21(2,3)15-7-5-13(6-8-15)18(27)25-17-11-14(12-24-19(17)28)16-9-10-23-20(22-4)26-16;1-20(2,3)16-7-5-13(6-8-16)18(25)23-17-9-14(10-21-19(17)26)15-11-22-24(4)12-15;1-20(2,3)15-8-6-13(7-9-15)18(23)22-16-11-14(12-21-19(16)24)17-5-4-10-25-17/h4-12,14H,1-3H3,(H,25,28)(H,26,27);4-13H,1-3H3,(H,23,27)(H,24,26);5-12H,1-4H3,(H,24,28)(H,25,27)(H,22,23,26);5-12H,1-4H3,(H,21,26)(H,23,25);4-12H,1-3H3,(H,21,24)(H,22,23). The van der Waals surface area contributed by atoms with Crippen LogP contribution in [0.3, 0.4) is 0 Å². The first-order chi connectivity index (χ1) is 64.3. The van der Waals surface area contributed by atoms with Crippen molar-refractivity contribution in [2.75, 3.05) is 38.9 Å². The number of carbonyl (C=O) groups excluding carboxylic acids is 5. The third-order valence-electron chi connectivity index (χ3n) is 21.6. The number of nitrogens with zero attached hydrogens (tertiary/aromatic N) is 6. The lowest BCUT2D eigenvalue weighted by Gasteiger charge is -2.19. The number of thiophene rings is 1. The number of carbonyl (C=O) groups is 5. The van der Waals surface area contributed by atoms with Crippen LogP contribution < -0.4 is 59.7 Å². The summed E-state index contributed by atoms with van der Waals surface area (Å²) in [5, 5.41) is 42.0. The van der Waals surface area contributed by atoms with Gasteiger partial charge in [0.05, 0.1) is 28.4 Å². The molecule has 0 aliphatic rings. The Morgan fingerprint density at radius 3 is 0.963 bits per heavy atom. The van der Waals surface area contributed by atoms with Gasteiger partial charge >= 0.3 is 0 Å². The summed E-state index contributed by atoms with van der Waals surface area (Å²) in [5.74, 6) is -1.23. The number of hydrogen-bond donors (Lipinski definition) is 11. The van der Waals surface area contributed by atoms with Crippen molar-refractivity contribution >= 4 is 80.9 Å². The first-order valence-corrected chi connectivity index (χ1v) is 44.2. The molecule has 0 spiro atoms. The lowest BCUT2D eigenvalue weighted by atomic mass is 9.86. The summed E-state index contributed by atoms with van der Waals surface area (Å²) in [6.07, 6.45) is 13.0. The fourth-order valence-electron chi connectivity index (χ4n) is 13.4. The molecule has 0 unspecified atom stereocenters. The number of pyridine rings is 5. The van der Waals surface area contributed by atoms with Gasteiger partial charge in [0.1, 0.15) is 28.4 Å². The van der Waals surface area contributed by atoms with Crippen LogP contribution in [0.2, 0.25) is 0 Å². The number of aromatic nitrogens is 9. The van der Waals surface area contributed by atoms with Crippen LogP contribution in [-0.4, -0.2) is 86.2 Å². The Morgan fingerprint density at radius 1 is 0.390 bits per heavy atom. The predicted octanol–water partition coefficient (Wildman–Crippen LogP) is 20.4. The van der Waals surface area contributed by atoms with Gasteiger partial charge in [0, 0.05) is 136 Å². The van der Waals surface area contributed by atoms with E-state index in [0.717, 1.165) is 60.5 Å². The molecule has 30 heteroatoms. The molecular formula is C106H107N17O12S. The number of H-pyrrole nitrogens is 5. The van der Waals surface area contributed by atoms with E-state index in [4.69, 9.17) is 5.26 Å². The van der Waals surface area contributed by atoms with Gasteiger partial charge in [-0.05, 0) is 199 Å². The van der Waals surface area contributed by atoms with Crippen LogP contribution in [0.15, 0.2) is 297 Å². The van der Waals surface area contributed by atoms with Crippen LogP contribution in [0.25, 0.3) is 55.1 Å². The molecule has 11 N–H and O–H groups in total. The lowest BCUT2D eigenvalue weighted by Crippen LogP contribution is -2.20. The molecule has 0 atom stereocenters. The monoisotopic (exact) mass is 1840 g/mol. The summed E-state index contributed by atoms with van der Waals surface area (Å²) in [4.78, 5) is 156. The first kappa shape index (κ1) is 99.9. The largest absolute Gasteiger partial charge is 0.357 e. The maximum atomic E-state index is 12.6. The Morgan fingerprint density at radius 2 is 0.684 bits per heavy atom. The number of aryl methyl sites for hydroxylation is 1. The number of benzene rings is 7. The highest BCUT2D eigenvalue weighted by atomic mass is 32.1. The fourth-order valence-corrected chi connectivity index (χ4v) is 14.1. The van der Waals surface area contributed by atoms with Crippen molar-refractivity contribution in [3.8, 4) is 61.1 Å². The number of nitriles is 1. The van der Waals surface area contributed by atoms with Crippen LogP contribution in [0.4, 0.5) is 40.1 Å². The highest BCUT2D eigenvalue weighted by Gasteiger charge is 2.23. The third kappa shape index (κ3) is 27.0. The number of non-ortho nitro benzene ring substituents is 1. The Balaban J connectivity index is 0.000000163. The van der Waals surface area contributed by atoms with Gasteiger partial charge in [0.25, 0.3) is 63.0 Å². The minimum Gasteiger partial charge on any atom is -0.357 e. The summed E-state index contributed by atoms with van der Waals surface area (Å²) in [5.41, 5.74) is 14.3. The smallest absolute Gasteiger partial charge is 0.271 e. The molecule has 8 heterocycles. The molecule has 15 aromatic rings. The quantitative estimate of drug-likeness (QED) is 0.0298. The Labute approximate surface area is 789 Å². The van der Waals surface area contributed by atoms with Crippen LogP contribution in [-0.2, 0) is 34.1 Å². The van der Waals surface area contributed by atoms with E-state index < -0.39 is 16.4 Å². The molecule has 0 fully saturated rings. The number of amides is 5. The second kappa shape index (κ2) is 43.1. The zero-order chi connectivity index (χ0) is 98.7. The minimum atomic E-state index is -0.479. The molecule has 0 aliphatic carbocycles. The van der Waals surface area contributed by atoms with Crippen LogP contribution in [0.1, 0.15) is 189 Å². The highest BCUT2D eigenvalue weighted by Crippen LogP contribution is 2.32. The van der Waals surface area contributed by atoms with Crippen molar-refractivity contribution in [1.29, 1.82) is 5.26 Å². The van der Waals surface area contributed by atoms with E-state index in [1.54, 1.807) is 194 Å². The first-order valence-electron chi connectivity index (χ1n) is 43.3. The molecule has 0 bridgehead atoms. The zero-order valence-electron chi connectivity index (χ0n) is 78.5. The third-order valence-corrected chi connectivity index (χ3v) is 22.5. The molecule has 694 valence electrons. The number of nitro groups is 1. The summed E-state index contributed by atoms with van der Waals surface area (Å²) < 4.78 is 1.68. The Bertz CT molecular complexity index is 7180. The van der Waals surface area contributed by atoms with Crippen LogP contribution >= 0.6 is 11.3 Å². The molecule has 0 saturated heterocycles. The van der Waals surface area contributed by atoms with E-state index in [9.17, 15) is 58.1 Å². The van der Waals surface area contributed by atoms with E-state index in [1.807, 2.05) is 91.4 Å². The van der Waals surface area contributed by atoms with E-state index in [-0.39, 0.29) is 107 Å². The summed E-state index contributed by atoms with van der Waals surface area (Å²) in [6, 6.07) is 65.6. The second-order valence-electron chi connectivity index (χ2n) is 37.0. The van der Waals surface area contributed by atoms with Crippen molar-refractivity contribution in [3.05, 3.63) is 396 Å². The minimum absolute atomic E-state index is 0.00157. The number of anilines is 6. The average Bonchev–Trinajstić information content (AvgIpc) is 1.43. The Kier molecular flexibility index (Phi) is 31.7. The van der Waals surface area contributed by atoms with E-state index in [1.165, 1.54) is 18.3 Å². The van der Waals surface area contributed by atoms with Crippen molar-refractivity contribution in [2.45, 2.75) is 131 Å². The second-order valence-corrected chi connectivity index (χ2v) is 37.9. The highest BCUT2D eigenvalue weighted by molar-refractivity contribution is 7.13. The number of hydrogen-bond acceptors (Lipinski definition) is 18. The molecular weight excluding hydrogens is 1740 g/mol. The Hall–Kier alpha value is -16.7. The topological polar surface area (TPSA) is 432 Å². The van der Waals surface area contributed by atoms with E-state index in [2.05, 4.69) is 182 Å². The van der Waals surface area contributed by atoms with E-state index in [0.29, 0.717) is 61.7 Å². The van der Waals surface area contributed by atoms with Gasteiger partial charge in [-0.3, -0.25) is 62.7 Å². The normalized spacial score (nSPS) is 11.2. The van der Waals surface area contributed by atoms with Gasteiger partial charge < -0.3 is 56.8 Å². The zero-order valence-corrected chi connectivity index (χ0v) is 79.3. The maximum absolute atomic E-state index is 12.6. The summed E-state index contributed by atoms with van der Waals surface area (Å²) in [7, 11) is 3.54. The van der Waals surface area contributed by atoms with Gasteiger partial charge in [-0.25, -0.2) is 9.97 Å². The van der Waals surface area contributed by atoms with Crippen molar-refractivity contribution in [1.82, 2.24) is 44.7 Å². The van der Waals surface area contributed by atoms with Gasteiger partial charge in [0.2, 0.25) is 5.95 Å². The van der Waals surface area contributed by atoms with Crippen molar-refractivity contribution in [3.63, 3.8) is 0 Å². The van der Waals surface area contributed by atoms with Crippen LogP contribution in [0, 0.1) is 21.4 Å². The summed E-state index contributed by atoms with van der Waals surface area (Å²) >= 11 is 1.57. The summed E-state index contributed by atoms with van der Waals surface area (Å²) in [6.45, 7) is 31.6. The molecule has 0 aliphatic heterocycles.